The number of nitrogens with one attached hydrogen (secondary N) is 3. The molecule has 2 aromatic rings. The molecule has 0 fully saturated rings. The second kappa shape index (κ2) is 9.95. The summed E-state index contributed by atoms with van der Waals surface area (Å²) in [5, 5.41) is 8.65. The molecule has 0 heterocycles. The summed E-state index contributed by atoms with van der Waals surface area (Å²) in [7, 11) is 0. The average Bonchev–Trinajstić information content (AvgIpc) is 2.61. The van der Waals surface area contributed by atoms with E-state index in [-0.39, 0.29) is 5.11 Å². The minimum absolute atomic E-state index is 0.216. The molecule has 4 nitrogen and oxygen atoms in total. The van der Waals surface area contributed by atoms with Crippen LogP contribution in [-0.4, -0.2) is 21.0 Å². The standard InChI is InChI=1S/C19H18Cl3N3OS/c1-13-7-5-6-10-15(13)23-18(27)25-17(19(20,21)22)24-16(26)12-11-14-8-3-2-4-9-14/h2-12,17H,1H3,(H,24,26)(H2,23,25,27). The van der Waals surface area contributed by atoms with Crippen molar-refractivity contribution in [2.45, 2.75) is 16.9 Å². The van der Waals surface area contributed by atoms with Gasteiger partial charge in [0.2, 0.25) is 9.70 Å². The van der Waals surface area contributed by atoms with Crippen molar-refractivity contribution in [1.82, 2.24) is 10.6 Å². The second-order valence-corrected chi connectivity index (χ2v) is 8.42. The van der Waals surface area contributed by atoms with Crippen molar-refractivity contribution in [2.24, 2.45) is 0 Å². The first-order valence-corrected chi connectivity index (χ1v) is 9.53. The maximum atomic E-state index is 12.2. The van der Waals surface area contributed by atoms with Gasteiger partial charge in [0.05, 0.1) is 0 Å². The first-order valence-electron chi connectivity index (χ1n) is 7.99. The molecule has 0 saturated heterocycles. The number of benzene rings is 2. The summed E-state index contributed by atoms with van der Waals surface area (Å²) in [5.41, 5.74) is 2.69. The van der Waals surface area contributed by atoms with E-state index in [0.717, 1.165) is 16.8 Å². The van der Waals surface area contributed by atoms with E-state index in [0.29, 0.717) is 0 Å². The summed E-state index contributed by atoms with van der Waals surface area (Å²) >= 11 is 23.2. The van der Waals surface area contributed by atoms with Crippen molar-refractivity contribution >= 4 is 69.8 Å². The smallest absolute Gasteiger partial charge is 0.245 e. The normalized spacial score (nSPS) is 12.4. The summed E-state index contributed by atoms with van der Waals surface area (Å²) in [5.74, 6) is -0.429. The lowest BCUT2D eigenvalue weighted by Crippen LogP contribution is -2.55. The predicted octanol–water partition coefficient (Wildman–Crippen LogP) is 4.81. The molecule has 1 atom stereocenters. The predicted molar refractivity (Wildman–Crippen MR) is 118 cm³/mol. The van der Waals surface area contributed by atoms with E-state index < -0.39 is 15.9 Å². The molecule has 0 saturated carbocycles. The molecule has 0 aliphatic carbocycles. The van der Waals surface area contributed by atoms with Gasteiger partial charge in [-0.25, -0.2) is 0 Å². The van der Waals surface area contributed by atoms with Crippen molar-refractivity contribution in [3.8, 4) is 0 Å². The van der Waals surface area contributed by atoms with Crippen LogP contribution in [0.15, 0.2) is 60.7 Å². The third-order valence-corrected chi connectivity index (χ3v) is 4.38. The van der Waals surface area contributed by atoms with Gasteiger partial charge in [-0.05, 0) is 42.4 Å². The van der Waals surface area contributed by atoms with Gasteiger partial charge in [0.15, 0.2) is 5.11 Å². The van der Waals surface area contributed by atoms with Gasteiger partial charge in [0.1, 0.15) is 6.17 Å². The number of carbonyl (C=O) groups excluding carboxylic acids is 1. The summed E-state index contributed by atoms with van der Waals surface area (Å²) in [6.07, 6.45) is 1.99. The number of para-hydroxylation sites is 1. The fraction of sp³-hybridized carbons (Fsp3) is 0.158. The van der Waals surface area contributed by atoms with Crippen molar-refractivity contribution in [3.63, 3.8) is 0 Å². The maximum absolute atomic E-state index is 12.2. The number of aryl methyl sites for hydroxylation is 1. The average molecular weight is 443 g/mol. The van der Waals surface area contributed by atoms with Gasteiger partial charge < -0.3 is 16.0 Å². The summed E-state index contributed by atoms with van der Waals surface area (Å²) < 4.78 is -1.81. The van der Waals surface area contributed by atoms with Crippen LogP contribution in [0.4, 0.5) is 5.69 Å². The minimum Gasteiger partial charge on any atom is -0.339 e. The zero-order valence-corrected chi connectivity index (χ0v) is 17.5. The number of halogens is 3. The molecule has 2 rings (SSSR count). The lowest BCUT2D eigenvalue weighted by Gasteiger charge is -2.27. The quantitative estimate of drug-likeness (QED) is 0.269. The number of hydrogen-bond acceptors (Lipinski definition) is 2. The number of alkyl halides is 3. The highest BCUT2D eigenvalue weighted by molar-refractivity contribution is 7.80. The highest BCUT2D eigenvalue weighted by Gasteiger charge is 2.34. The maximum Gasteiger partial charge on any atom is 0.245 e. The Bertz CT molecular complexity index is 822. The van der Waals surface area contributed by atoms with Crippen LogP contribution in [0, 0.1) is 6.92 Å². The van der Waals surface area contributed by atoms with E-state index in [1.165, 1.54) is 6.08 Å². The third kappa shape index (κ3) is 7.39. The van der Waals surface area contributed by atoms with E-state index >= 15 is 0 Å². The molecule has 2 aromatic carbocycles. The summed E-state index contributed by atoms with van der Waals surface area (Å²) in [6.45, 7) is 1.94. The van der Waals surface area contributed by atoms with Crippen LogP contribution < -0.4 is 16.0 Å². The highest BCUT2D eigenvalue weighted by atomic mass is 35.6. The largest absolute Gasteiger partial charge is 0.339 e. The first-order chi connectivity index (χ1) is 12.8. The van der Waals surface area contributed by atoms with Crippen LogP contribution >= 0.6 is 47.0 Å². The molecule has 0 aliphatic heterocycles. The Hall–Kier alpha value is -1.79. The SMILES string of the molecule is Cc1ccccc1NC(=S)NC(NC(=O)C=Cc1ccccc1)C(Cl)(Cl)Cl. The van der Waals surface area contributed by atoms with Gasteiger partial charge >= 0.3 is 0 Å². The van der Waals surface area contributed by atoms with Crippen molar-refractivity contribution < 1.29 is 4.79 Å². The lowest BCUT2D eigenvalue weighted by atomic mass is 10.2. The molecule has 0 spiro atoms. The molecule has 0 bridgehead atoms. The summed E-state index contributed by atoms with van der Waals surface area (Å²) in [4.78, 5) is 12.2. The first kappa shape index (κ1) is 21.5. The number of hydrogen-bond donors (Lipinski definition) is 3. The highest BCUT2D eigenvalue weighted by Crippen LogP contribution is 2.29. The Labute approximate surface area is 178 Å². The van der Waals surface area contributed by atoms with Crippen molar-refractivity contribution in [2.75, 3.05) is 5.32 Å². The Morgan fingerprint density at radius 1 is 1.04 bits per heavy atom. The van der Waals surface area contributed by atoms with Crippen LogP contribution in [-0.2, 0) is 4.79 Å². The van der Waals surface area contributed by atoms with Gasteiger partial charge in [0.25, 0.3) is 0 Å². The Morgan fingerprint density at radius 2 is 1.67 bits per heavy atom. The number of rotatable bonds is 5. The molecule has 0 aliphatic rings. The van der Waals surface area contributed by atoms with Crippen molar-refractivity contribution in [1.29, 1.82) is 0 Å². The van der Waals surface area contributed by atoms with E-state index in [4.69, 9.17) is 47.0 Å². The van der Waals surface area contributed by atoms with E-state index in [2.05, 4.69) is 16.0 Å². The second-order valence-electron chi connectivity index (χ2n) is 5.64. The van der Waals surface area contributed by atoms with E-state index in [9.17, 15) is 4.79 Å². The third-order valence-electron chi connectivity index (χ3n) is 3.51. The Kier molecular flexibility index (Phi) is 7.92. The molecule has 142 valence electrons. The van der Waals surface area contributed by atoms with Gasteiger partial charge in [0, 0.05) is 11.8 Å². The monoisotopic (exact) mass is 441 g/mol. The van der Waals surface area contributed by atoms with Crippen LogP contribution in [0.25, 0.3) is 6.08 Å². The molecular formula is C19H18Cl3N3OS. The lowest BCUT2D eigenvalue weighted by molar-refractivity contribution is -0.117. The van der Waals surface area contributed by atoms with Gasteiger partial charge in [-0.15, -0.1) is 0 Å². The Morgan fingerprint density at radius 3 is 2.30 bits per heavy atom. The number of thiocarbonyl (C=S) groups is 1. The van der Waals surface area contributed by atoms with Gasteiger partial charge in [-0.2, -0.15) is 0 Å². The van der Waals surface area contributed by atoms with E-state index in [1.807, 2.05) is 61.5 Å². The Balaban J connectivity index is 2.00. The zero-order valence-electron chi connectivity index (χ0n) is 14.4. The number of amides is 1. The van der Waals surface area contributed by atoms with Gasteiger partial charge in [-0.1, -0.05) is 83.3 Å². The number of anilines is 1. The van der Waals surface area contributed by atoms with Crippen molar-refractivity contribution in [3.05, 3.63) is 71.8 Å². The van der Waals surface area contributed by atoms with Crippen LogP contribution in [0.2, 0.25) is 0 Å². The molecular weight excluding hydrogens is 425 g/mol. The van der Waals surface area contributed by atoms with Gasteiger partial charge in [-0.3, -0.25) is 4.79 Å². The molecule has 1 unspecified atom stereocenters. The topological polar surface area (TPSA) is 53.2 Å². The van der Waals surface area contributed by atoms with Crippen LogP contribution in [0.3, 0.4) is 0 Å². The molecule has 3 N–H and O–H groups in total. The molecule has 8 heteroatoms. The molecule has 0 radical (unpaired) electrons. The molecule has 27 heavy (non-hydrogen) atoms. The van der Waals surface area contributed by atoms with Crippen LogP contribution in [0.5, 0.6) is 0 Å². The fourth-order valence-corrected chi connectivity index (χ4v) is 2.68. The molecule has 0 aromatic heterocycles. The zero-order chi connectivity index (χ0) is 19.9. The molecule has 1 amide bonds. The van der Waals surface area contributed by atoms with E-state index in [1.54, 1.807) is 6.08 Å². The summed E-state index contributed by atoms with van der Waals surface area (Å²) in [6, 6.07) is 17.0. The number of carbonyl (C=O) groups is 1. The van der Waals surface area contributed by atoms with Crippen LogP contribution in [0.1, 0.15) is 11.1 Å². The minimum atomic E-state index is -1.81. The fourth-order valence-electron chi connectivity index (χ4n) is 2.13.